The fourth-order valence-electron chi connectivity index (χ4n) is 4.42. The van der Waals surface area contributed by atoms with E-state index in [1.807, 2.05) is 0 Å². The number of fused-ring (bicyclic) bond motifs is 2. The van der Waals surface area contributed by atoms with Crippen LogP contribution in [0.2, 0.25) is 0 Å². The van der Waals surface area contributed by atoms with Gasteiger partial charge >= 0.3 is 0 Å². The number of likely N-dealkylation sites (tertiary alicyclic amines) is 1. The molecule has 0 bridgehead atoms. The van der Waals surface area contributed by atoms with Crippen molar-refractivity contribution in [2.24, 2.45) is 16.9 Å². The van der Waals surface area contributed by atoms with Crippen LogP contribution >= 0.6 is 0 Å². The Morgan fingerprint density at radius 3 is 1.62 bits per heavy atom. The summed E-state index contributed by atoms with van der Waals surface area (Å²) in [6.07, 6.45) is 3.85. The van der Waals surface area contributed by atoms with Gasteiger partial charge in [-0.1, -0.05) is 12.2 Å². The van der Waals surface area contributed by atoms with Gasteiger partial charge in [-0.25, -0.2) is 0 Å². The molecule has 6 N–H and O–H groups in total. The summed E-state index contributed by atoms with van der Waals surface area (Å²) in [4.78, 5) is 58.8. The van der Waals surface area contributed by atoms with Gasteiger partial charge in [-0.2, -0.15) is 0 Å². The Labute approximate surface area is 226 Å². The molecular formula is C24H25N7O9. The van der Waals surface area contributed by atoms with Gasteiger partial charge in [0.15, 0.2) is 11.4 Å². The Bertz CT molecular complexity index is 1320. The molecule has 2 aromatic rings. The number of nitrogens with two attached hydrogens (primary N) is 2. The van der Waals surface area contributed by atoms with E-state index >= 15 is 0 Å². The minimum atomic E-state index is -0.895. The molecular weight excluding hydrogens is 530 g/mol. The van der Waals surface area contributed by atoms with E-state index in [0.29, 0.717) is 6.41 Å². The number of amides is 3. The van der Waals surface area contributed by atoms with Crippen LogP contribution in [0.3, 0.4) is 0 Å². The molecule has 40 heavy (non-hydrogen) atoms. The van der Waals surface area contributed by atoms with Gasteiger partial charge in [-0.15, -0.1) is 0 Å². The fourth-order valence-corrected chi connectivity index (χ4v) is 4.42. The molecule has 2 aliphatic heterocycles. The standard InChI is InChI=1S/C24H25N7O9/c25-22(33)14-5-16(30(35)36)20-18(7-14)39-11-24(9-29(10-24)13-32)12-40-19-8-15(23(26)34)6-17(31(37)38)21(19)28-4-2-1-3-27-20/h1-2,5-8,13,27-28H,3-4,9-12H2,(H2,25,33)(H2,26,34)/b2-1+. The van der Waals surface area contributed by atoms with Gasteiger partial charge in [0.25, 0.3) is 11.4 Å². The monoisotopic (exact) mass is 555 g/mol. The van der Waals surface area contributed by atoms with Crippen molar-refractivity contribution in [2.75, 3.05) is 50.0 Å². The van der Waals surface area contributed by atoms with E-state index in [9.17, 15) is 34.6 Å². The highest BCUT2D eigenvalue weighted by Crippen LogP contribution is 2.41. The van der Waals surface area contributed by atoms with E-state index in [4.69, 9.17) is 20.9 Å². The molecule has 210 valence electrons. The number of anilines is 2. The number of hydrogen-bond donors (Lipinski definition) is 4. The van der Waals surface area contributed by atoms with Crippen LogP contribution in [0, 0.1) is 25.6 Å². The molecule has 2 heterocycles. The van der Waals surface area contributed by atoms with E-state index in [2.05, 4.69) is 10.6 Å². The van der Waals surface area contributed by atoms with Gasteiger partial charge in [0, 0.05) is 49.4 Å². The van der Waals surface area contributed by atoms with Crippen molar-refractivity contribution in [2.45, 2.75) is 0 Å². The molecule has 3 amide bonds. The Kier molecular flexibility index (Phi) is 7.69. The van der Waals surface area contributed by atoms with Crippen molar-refractivity contribution in [3.05, 3.63) is 67.8 Å². The van der Waals surface area contributed by atoms with Gasteiger partial charge < -0.3 is 36.5 Å². The number of nitrogens with zero attached hydrogens (tertiary/aromatic N) is 3. The van der Waals surface area contributed by atoms with Gasteiger partial charge in [-0.3, -0.25) is 34.6 Å². The average Bonchev–Trinajstić information content (AvgIpc) is 2.89. The summed E-state index contributed by atoms with van der Waals surface area (Å²) in [6.45, 7) is 0.261. The number of primary amides is 2. The van der Waals surface area contributed by atoms with Gasteiger partial charge in [-0.05, 0) is 12.1 Å². The number of rotatable bonds is 5. The lowest BCUT2D eigenvalue weighted by atomic mass is 9.81. The normalized spacial score (nSPS) is 16.9. The molecule has 0 aromatic heterocycles. The summed E-state index contributed by atoms with van der Waals surface area (Å²) >= 11 is 0. The molecule has 1 fully saturated rings. The van der Waals surface area contributed by atoms with Crippen molar-refractivity contribution < 1.29 is 33.7 Å². The first-order chi connectivity index (χ1) is 19.0. The number of ether oxygens (including phenoxy) is 2. The highest BCUT2D eigenvalue weighted by atomic mass is 16.6. The van der Waals surface area contributed by atoms with E-state index in [0.717, 1.165) is 12.1 Å². The molecule has 16 nitrogen and oxygen atoms in total. The largest absolute Gasteiger partial charge is 0.490 e. The lowest BCUT2D eigenvalue weighted by Gasteiger charge is -2.47. The molecule has 0 unspecified atom stereocenters. The predicted octanol–water partition coefficient (Wildman–Crippen LogP) is 1.01. The number of nitro benzene ring substituents is 2. The fraction of sp³-hybridized carbons (Fsp3) is 0.292. The molecule has 1 spiro atoms. The van der Waals surface area contributed by atoms with E-state index in [1.165, 1.54) is 17.0 Å². The second kappa shape index (κ2) is 11.1. The van der Waals surface area contributed by atoms with Crippen LogP contribution in [0.1, 0.15) is 20.7 Å². The SMILES string of the molecule is NC(=O)c1cc2c(c([N+](=O)[O-])c1)NC/C=C/CNc1c(cc(C(N)=O)cc1[N+](=O)[O-])OCC1(CO2)CN(C=O)C1. The van der Waals surface area contributed by atoms with E-state index in [1.54, 1.807) is 12.2 Å². The zero-order valence-corrected chi connectivity index (χ0v) is 21.0. The molecule has 2 aromatic carbocycles. The highest BCUT2D eigenvalue weighted by Gasteiger charge is 2.45. The molecule has 0 radical (unpaired) electrons. The first-order valence-electron chi connectivity index (χ1n) is 11.9. The summed E-state index contributed by atoms with van der Waals surface area (Å²) in [6, 6.07) is 4.64. The summed E-state index contributed by atoms with van der Waals surface area (Å²) in [5.41, 5.74) is 8.77. The third-order valence-corrected chi connectivity index (χ3v) is 6.38. The van der Waals surface area contributed by atoms with Crippen LogP contribution in [0.5, 0.6) is 11.5 Å². The first-order valence-corrected chi connectivity index (χ1v) is 11.9. The van der Waals surface area contributed by atoms with E-state index < -0.39 is 38.5 Å². The van der Waals surface area contributed by atoms with Gasteiger partial charge in [0.2, 0.25) is 18.2 Å². The van der Waals surface area contributed by atoms with Crippen molar-refractivity contribution in [3.8, 4) is 11.5 Å². The molecule has 16 heteroatoms. The lowest BCUT2D eigenvalue weighted by molar-refractivity contribution is -0.384. The minimum absolute atomic E-state index is 0.00939. The van der Waals surface area contributed by atoms with Crippen molar-refractivity contribution in [1.82, 2.24) is 4.90 Å². The molecule has 4 rings (SSSR count). The number of benzene rings is 2. The molecule has 0 atom stereocenters. The summed E-state index contributed by atoms with van der Waals surface area (Å²) in [5.74, 6) is -1.82. The summed E-state index contributed by atoms with van der Waals surface area (Å²) < 4.78 is 12.0. The van der Waals surface area contributed by atoms with Crippen molar-refractivity contribution in [1.29, 1.82) is 0 Å². The number of hydrogen-bond acceptors (Lipinski definition) is 11. The van der Waals surface area contributed by atoms with Crippen LogP contribution in [-0.2, 0) is 4.79 Å². The quantitative estimate of drug-likeness (QED) is 0.176. The Morgan fingerprint density at radius 2 is 1.27 bits per heavy atom. The summed E-state index contributed by atoms with van der Waals surface area (Å²) in [7, 11) is 0. The Morgan fingerprint density at radius 1 is 0.850 bits per heavy atom. The summed E-state index contributed by atoms with van der Waals surface area (Å²) in [5, 5.41) is 29.4. The smallest absolute Gasteiger partial charge is 0.296 e. The van der Waals surface area contributed by atoms with Crippen LogP contribution in [0.4, 0.5) is 22.7 Å². The second-order valence-corrected chi connectivity index (χ2v) is 9.30. The Balaban J connectivity index is 1.77. The molecule has 0 aliphatic carbocycles. The number of nitrogens with one attached hydrogen (secondary N) is 2. The van der Waals surface area contributed by atoms with Crippen LogP contribution < -0.4 is 31.6 Å². The Hall–Kier alpha value is -5.41. The third kappa shape index (κ3) is 5.69. The maximum atomic E-state index is 11.9. The first kappa shape index (κ1) is 27.6. The minimum Gasteiger partial charge on any atom is -0.490 e. The average molecular weight is 556 g/mol. The topological polar surface area (TPSA) is 235 Å². The number of carbonyl (C=O) groups excluding carboxylic acids is 3. The van der Waals surface area contributed by atoms with Crippen LogP contribution in [0.15, 0.2) is 36.4 Å². The predicted molar refractivity (Wildman–Crippen MR) is 140 cm³/mol. The van der Waals surface area contributed by atoms with Crippen molar-refractivity contribution >= 4 is 41.0 Å². The molecule has 2 aliphatic rings. The van der Waals surface area contributed by atoms with Gasteiger partial charge in [0.05, 0.1) is 15.3 Å². The van der Waals surface area contributed by atoms with Gasteiger partial charge in [0.1, 0.15) is 24.7 Å². The lowest BCUT2D eigenvalue weighted by Crippen LogP contribution is -2.61. The zero-order valence-electron chi connectivity index (χ0n) is 21.0. The van der Waals surface area contributed by atoms with Crippen molar-refractivity contribution in [3.63, 3.8) is 0 Å². The third-order valence-electron chi connectivity index (χ3n) is 6.38. The molecule has 0 saturated carbocycles. The zero-order chi connectivity index (χ0) is 29.0. The maximum Gasteiger partial charge on any atom is 0.296 e. The maximum absolute atomic E-state index is 11.9. The molecule has 1 saturated heterocycles. The highest BCUT2D eigenvalue weighted by molar-refractivity contribution is 5.96. The second-order valence-electron chi connectivity index (χ2n) is 9.30. The number of nitro groups is 2. The van der Waals surface area contributed by atoms with Crippen LogP contribution in [0.25, 0.3) is 0 Å². The van der Waals surface area contributed by atoms with Crippen LogP contribution in [-0.4, -0.2) is 72.4 Å². The number of carbonyl (C=O) groups is 3. The van der Waals surface area contributed by atoms with E-state index in [-0.39, 0.29) is 73.4 Å².